The third kappa shape index (κ3) is 4.64. The van der Waals surface area contributed by atoms with Crippen molar-refractivity contribution in [1.29, 1.82) is 0 Å². The van der Waals surface area contributed by atoms with Crippen LogP contribution in [0.25, 0.3) is 0 Å². The van der Waals surface area contributed by atoms with E-state index in [1.807, 2.05) is 4.90 Å². The first-order chi connectivity index (χ1) is 8.16. The summed E-state index contributed by atoms with van der Waals surface area (Å²) >= 11 is 0. The lowest BCUT2D eigenvalue weighted by Crippen LogP contribution is -2.50. The maximum atomic E-state index is 12.1. The highest BCUT2D eigenvalue weighted by Crippen LogP contribution is 2.22. The lowest BCUT2D eigenvalue weighted by Gasteiger charge is -2.39. The summed E-state index contributed by atoms with van der Waals surface area (Å²) in [6, 6.07) is 0.791. The van der Waals surface area contributed by atoms with Gasteiger partial charge in [-0.1, -0.05) is 0 Å². The van der Waals surface area contributed by atoms with E-state index in [0.29, 0.717) is 18.6 Å². The normalized spacial score (nSPS) is 25.0. The van der Waals surface area contributed by atoms with E-state index in [1.54, 1.807) is 7.11 Å². The number of hydrogen-bond acceptors (Lipinski definition) is 3. The van der Waals surface area contributed by atoms with Gasteiger partial charge in [-0.3, -0.25) is 4.79 Å². The van der Waals surface area contributed by atoms with Crippen molar-refractivity contribution < 1.29 is 9.53 Å². The second-order valence-corrected chi connectivity index (χ2v) is 4.95. The van der Waals surface area contributed by atoms with Gasteiger partial charge in [-0.2, -0.15) is 0 Å². The van der Waals surface area contributed by atoms with Gasteiger partial charge in [-0.15, -0.1) is 0 Å². The number of carbonyl (C=O) groups excluding carboxylic acids is 1. The van der Waals surface area contributed by atoms with Crippen LogP contribution in [0.1, 0.15) is 39.5 Å². The number of ether oxygens (including phenoxy) is 1. The van der Waals surface area contributed by atoms with Gasteiger partial charge in [0, 0.05) is 25.8 Å². The number of nitrogens with zero attached hydrogens (tertiary/aromatic N) is 1. The highest BCUT2D eigenvalue weighted by Gasteiger charge is 2.28. The molecule has 1 saturated heterocycles. The fourth-order valence-corrected chi connectivity index (χ4v) is 2.54. The number of amides is 1. The second kappa shape index (κ2) is 7.67. The molecule has 4 heteroatoms. The van der Waals surface area contributed by atoms with Crippen LogP contribution >= 0.6 is 0 Å². The Bertz CT molecular complexity index is 223. The van der Waals surface area contributed by atoms with Gasteiger partial charge in [0.2, 0.25) is 5.91 Å². The lowest BCUT2D eigenvalue weighted by molar-refractivity contribution is -0.136. The monoisotopic (exact) mass is 242 g/mol. The van der Waals surface area contributed by atoms with Gasteiger partial charge in [0.05, 0.1) is 6.54 Å². The van der Waals surface area contributed by atoms with Gasteiger partial charge in [0.15, 0.2) is 0 Å². The molecule has 0 saturated carbocycles. The number of methoxy groups -OCH3 is 1. The molecule has 1 amide bonds. The van der Waals surface area contributed by atoms with Crippen molar-refractivity contribution in [3.8, 4) is 0 Å². The Balaban J connectivity index is 2.25. The molecule has 1 fully saturated rings. The van der Waals surface area contributed by atoms with Crippen molar-refractivity contribution in [2.75, 3.05) is 26.8 Å². The van der Waals surface area contributed by atoms with Crippen LogP contribution in [0.3, 0.4) is 0 Å². The van der Waals surface area contributed by atoms with Crippen molar-refractivity contribution in [3.05, 3.63) is 0 Å². The second-order valence-electron chi connectivity index (χ2n) is 4.95. The molecule has 0 aromatic heterocycles. The highest BCUT2D eigenvalue weighted by molar-refractivity contribution is 5.79. The van der Waals surface area contributed by atoms with Crippen LogP contribution in [-0.4, -0.2) is 49.7 Å². The van der Waals surface area contributed by atoms with Crippen molar-refractivity contribution in [3.63, 3.8) is 0 Å². The third-order valence-corrected chi connectivity index (χ3v) is 3.46. The molecule has 0 bridgehead atoms. The molecule has 0 radical (unpaired) electrons. The number of rotatable bonds is 6. The third-order valence-electron chi connectivity index (χ3n) is 3.46. The molecular formula is C13H26N2O2. The summed E-state index contributed by atoms with van der Waals surface area (Å²) in [7, 11) is 1.70. The highest BCUT2D eigenvalue weighted by atomic mass is 16.5. The Labute approximate surface area is 105 Å². The molecule has 1 heterocycles. The Morgan fingerprint density at radius 3 is 2.59 bits per heavy atom. The minimum absolute atomic E-state index is 0.238. The topological polar surface area (TPSA) is 41.6 Å². The summed E-state index contributed by atoms with van der Waals surface area (Å²) in [5, 5.41) is 3.19. The quantitative estimate of drug-likeness (QED) is 0.716. The zero-order valence-electron chi connectivity index (χ0n) is 11.4. The predicted octanol–water partition coefficient (Wildman–Crippen LogP) is 1.40. The molecule has 0 aromatic carbocycles. The SMILES string of the molecule is COCCCNCC(=O)N1C(C)CCCC1C. The first-order valence-corrected chi connectivity index (χ1v) is 6.67. The molecule has 4 nitrogen and oxygen atoms in total. The molecule has 1 N–H and O–H groups in total. The van der Waals surface area contributed by atoms with E-state index in [9.17, 15) is 4.79 Å². The molecule has 2 atom stereocenters. The van der Waals surface area contributed by atoms with E-state index in [2.05, 4.69) is 19.2 Å². The summed E-state index contributed by atoms with van der Waals surface area (Å²) < 4.78 is 4.96. The number of likely N-dealkylation sites (tertiary alicyclic amines) is 1. The average molecular weight is 242 g/mol. The first kappa shape index (κ1) is 14.5. The van der Waals surface area contributed by atoms with E-state index >= 15 is 0 Å². The molecule has 2 unspecified atom stereocenters. The van der Waals surface area contributed by atoms with Crippen LogP contribution < -0.4 is 5.32 Å². The molecule has 100 valence electrons. The smallest absolute Gasteiger partial charge is 0.237 e. The number of hydrogen-bond donors (Lipinski definition) is 1. The number of carbonyl (C=O) groups is 1. The van der Waals surface area contributed by atoms with E-state index < -0.39 is 0 Å². The largest absolute Gasteiger partial charge is 0.385 e. The fraction of sp³-hybridized carbons (Fsp3) is 0.923. The van der Waals surface area contributed by atoms with Gasteiger partial charge in [0.25, 0.3) is 0 Å². The molecule has 1 aliphatic rings. The van der Waals surface area contributed by atoms with Crippen LogP contribution in [0.5, 0.6) is 0 Å². The molecule has 0 spiro atoms. The minimum atomic E-state index is 0.238. The number of piperidine rings is 1. The molecular weight excluding hydrogens is 216 g/mol. The van der Waals surface area contributed by atoms with Crippen LogP contribution in [0, 0.1) is 0 Å². The maximum absolute atomic E-state index is 12.1. The summed E-state index contributed by atoms with van der Waals surface area (Å²) in [6.45, 7) is 6.35. The molecule has 1 aliphatic heterocycles. The van der Waals surface area contributed by atoms with Crippen LogP contribution in [-0.2, 0) is 9.53 Å². The Morgan fingerprint density at radius 1 is 1.35 bits per heavy atom. The summed E-state index contributed by atoms with van der Waals surface area (Å²) in [5.74, 6) is 0.238. The van der Waals surface area contributed by atoms with Gasteiger partial charge in [0.1, 0.15) is 0 Å². The van der Waals surface area contributed by atoms with Crippen molar-refractivity contribution >= 4 is 5.91 Å². The van der Waals surface area contributed by atoms with Crippen LogP contribution in [0.2, 0.25) is 0 Å². The Hall–Kier alpha value is -0.610. The first-order valence-electron chi connectivity index (χ1n) is 6.67. The minimum Gasteiger partial charge on any atom is -0.385 e. The van der Waals surface area contributed by atoms with Gasteiger partial charge >= 0.3 is 0 Å². The lowest BCUT2D eigenvalue weighted by atomic mass is 9.97. The predicted molar refractivity (Wildman–Crippen MR) is 69.0 cm³/mol. The van der Waals surface area contributed by atoms with Gasteiger partial charge < -0.3 is 15.0 Å². The maximum Gasteiger partial charge on any atom is 0.237 e. The van der Waals surface area contributed by atoms with Crippen LogP contribution in [0.15, 0.2) is 0 Å². The van der Waals surface area contributed by atoms with Crippen molar-refractivity contribution in [2.24, 2.45) is 0 Å². The molecule has 1 rings (SSSR count). The zero-order valence-corrected chi connectivity index (χ0v) is 11.4. The van der Waals surface area contributed by atoms with Crippen molar-refractivity contribution in [2.45, 2.75) is 51.6 Å². The fourth-order valence-electron chi connectivity index (χ4n) is 2.54. The van der Waals surface area contributed by atoms with Crippen molar-refractivity contribution in [1.82, 2.24) is 10.2 Å². The molecule has 0 aromatic rings. The van der Waals surface area contributed by atoms with Gasteiger partial charge in [-0.05, 0) is 46.1 Å². The van der Waals surface area contributed by atoms with E-state index in [4.69, 9.17) is 4.74 Å². The van der Waals surface area contributed by atoms with E-state index in [1.165, 1.54) is 6.42 Å². The summed E-state index contributed by atoms with van der Waals surface area (Å²) in [4.78, 5) is 14.1. The van der Waals surface area contributed by atoms with E-state index in [0.717, 1.165) is 32.4 Å². The van der Waals surface area contributed by atoms with E-state index in [-0.39, 0.29) is 5.91 Å². The summed E-state index contributed by atoms with van der Waals surface area (Å²) in [5.41, 5.74) is 0. The number of nitrogens with one attached hydrogen (secondary N) is 1. The standard InChI is InChI=1S/C13H26N2O2/c1-11-6-4-7-12(2)15(11)13(16)10-14-8-5-9-17-3/h11-12,14H,4-10H2,1-3H3. The van der Waals surface area contributed by atoms with Crippen LogP contribution in [0.4, 0.5) is 0 Å². The Morgan fingerprint density at radius 2 is 2.00 bits per heavy atom. The Kier molecular flexibility index (Phi) is 6.52. The van der Waals surface area contributed by atoms with Gasteiger partial charge in [-0.25, -0.2) is 0 Å². The molecule has 0 aliphatic carbocycles. The average Bonchev–Trinajstić information content (AvgIpc) is 2.28. The zero-order chi connectivity index (χ0) is 12.7. The molecule has 17 heavy (non-hydrogen) atoms. The summed E-state index contributed by atoms with van der Waals surface area (Å²) in [6.07, 6.45) is 4.47.